The highest BCUT2D eigenvalue weighted by atomic mass is 16.6. The summed E-state index contributed by atoms with van der Waals surface area (Å²) in [6.45, 7) is 1.98. The van der Waals surface area contributed by atoms with Crippen molar-refractivity contribution in [3.05, 3.63) is 39.9 Å². The Morgan fingerprint density at radius 2 is 2.21 bits per heavy atom. The number of rotatable bonds is 4. The second-order valence-electron chi connectivity index (χ2n) is 5.42. The molecule has 1 aromatic carbocycles. The number of para-hydroxylation sites is 1. The summed E-state index contributed by atoms with van der Waals surface area (Å²) in [6, 6.07) is 7.23. The van der Waals surface area contributed by atoms with Gasteiger partial charge in [0.1, 0.15) is 0 Å². The highest BCUT2D eigenvalue weighted by Crippen LogP contribution is 2.36. The third-order valence-corrected chi connectivity index (χ3v) is 4.17. The minimum Gasteiger partial charge on any atom is -0.373 e. The van der Waals surface area contributed by atoms with Crippen LogP contribution in [0.15, 0.2) is 24.3 Å². The number of nitrogens with one attached hydrogen (secondary N) is 1. The van der Waals surface area contributed by atoms with Crippen LogP contribution in [0.5, 0.6) is 0 Å². The van der Waals surface area contributed by atoms with E-state index < -0.39 is 0 Å². The lowest BCUT2D eigenvalue weighted by Gasteiger charge is -2.24. The smallest absolute Gasteiger partial charge is 0.274 e. The van der Waals surface area contributed by atoms with Crippen molar-refractivity contribution >= 4 is 5.69 Å². The van der Waals surface area contributed by atoms with Crippen LogP contribution in [0.25, 0.3) is 0 Å². The molecule has 2 aliphatic heterocycles. The van der Waals surface area contributed by atoms with Crippen molar-refractivity contribution in [1.82, 2.24) is 5.32 Å². The highest BCUT2D eigenvalue weighted by Gasteiger charge is 2.41. The van der Waals surface area contributed by atoms with Crippen LogP contribution in [0.2, 0.25) is 0 Å². The Morgan fingerprint density at radius 3 is 2.84 bits per heavy atom. The zero-order valence-corrected chi connectivity index (χ0v) is 10.9. The van der Waals surface area contributed by atoms with Gasteiger partial charge in [0.2, 0.25) is 0 Å². The number of nitro groups is 1. The molecule has 2 saturated heterocycles. The summed E-state index contributed by atoms with van der Waals surface area (Å²) in [7, 11) is 0. The first-order valence-corrected chi connectivity index (χ1v) is 6.80. The van der Waals surface area contributed by atoms with Gasteiger partial charge in [0.15, 0.2) is 0 Å². The molecule has 0 aliphatic carbocycles. The van der Waals surface area contributed by atoms with E-state index in [1.807, 2.05) is 19.1 Å². The predicted octanol–water partition coefficient (Wildman–Crippen LogP) is 2.57. The molecule has 2 heterocycles. The zero-order valence-electron chi connectivity index (χ0n) is 10.9. The van der Waals surface area contributed by atoms with Crippen molar-refractivity contribution in [3.8, 4) is 0 Å². The van der Waals surface area contributed by atoms with Gasteiger partial charge in [0.25, 0.3) is 5.69 Å². The first-order valence-electron chi connectivity index (χ1n) is 6.80. The van der Waals surface area contributed by atoms with Gasteiger partial charge in [0, 0.05) is 23.7 Å². The summed E-state index contributed by atoms with van der Waals surface area (Å²) in [5.74, 6) is 0. The Morgan fingerprint density at radius 1 is 1.42 bits per heavy atom. The molecular formula is C14H18N2O3. The highest BCUT2D eigenvalue weighted by molar-refractivity contribution is 5.41. The van der Waals surface area contributed by atoms with Gasteiger partial charge in [0.05, 0.1) is 17.1 Å². The fraction of sp³-hybridized carbons (Fsp3) is 0.571. The SMILES string of the molecule is CC(NC1CC2CCC1O2)c1ccccc1[N+](=O)[O-]. The molecule has 4 atom stereocenters. The molecule has 3 rings (SSSR count). The van der Waals surface area contributed by atoms with Crippen molar-refractivity contribution in [2.75, 3.05) is 0 Å². The molecule has 0 amide bonds. The van der Waals surface area contributed by atoms with E-state index >= 15 is 0 Å². The molecule has 5 heteroatoms. The molecule has 102 valence electrons. The Labute approximate surface area is 112 Å². The van der Waals surface area contributed by atoms with Crippen LogP contribution in [0.3, 0.4) is 0 Å². The van der Waals surface area contributed by atoms with Crippen LogP contribution in [0.1, 0.15) is 37.8 Å². The largest absolute Gasteiger partial charge is 0.373 e. The van der Waals surface area contributed by atoms with Gasteiger partial charge in [-0.1, -0.05) is 18.2 Å². The number of fused-ring (bicyclic) bond motifs is 2. The molecule has 4 unspecified atom stereocenters. The van der Waals surface area contributed by atoms with Crippen molar-refractivity contribution in [3.63, 3.8) is 0 Å². The minimum atomic E-state index is -0.315. The molecule has 1 aromatic rings. The van der Waals surface area contributed by atoms with Crippen LogP contribution < -0.4 is 5.32 Å². The maximum absolute atomic E-state index is 11.0. The summed E-state index contributed by atoms with van der Waals surface area (Å²) < 4.78 is 5.80. The number of ether oxygens (including phenoxy) is 1. The summed E-state index contributed by atoms with van der Waals surface area (Å²) in [4.78, 5) is 10.7. The van der Waals surface area contributed by atoms with Gasteiger partial charge in [-0.3, -0.25) is 10.1 Å². The van der Waals surface area contributed by atoms with Gasteiger partial charge < -0.3 is 10.1 Å². The number of nitrogens with zero attached hydrogens (tertiary/aromatic N) is 1. The number of hydrogen-bond acceptors (Lipinski definition) is 4. The van der Waals surface area contributed by atoms with Gasteiger partial charge in [-0.25, -0.2) is 0 Å². The van der Waals surface area contributed by atoms with E-state index in [0.717, 1.165) is 24.8 Å². The number of nitro benzene ring substituents is 1. The van der Waals surface area contributed by atoms with Crippen molar-refractivity contribution in [2.24, 2.45) is 0 Å². The maximum Gasteiger partial charge on any atom is 0.274 e. The van der Waals surface area contributed by atoms with Crippen LogP contribution in [0.4, 0.5) is 5.69 Å². The second kappa shape index (κ2) is 4.90. The van der Waals surface area contributed by atoms with E-state index in [-0.39, 0.29) is 22.8 Å². The van der Waals surface area contributed by atoms with Gasteiger partial charge in [-0.05, 0) is 26.2 Å². The Hall–Kier alpha value is -1.46. The Bertz CT molecular complexity index is 491. The number of hydrogen-bond donors (Lipinski definition) is 1. The minimum absolute atomic E-state index is 0.0328. The summed E-state index contributed by atoms with van der Waals surface area (Å²) in [5, 5.41) is 14.5. The van der Waals surface area contributed by atoms with E-state index in [0.29, 0.717) is 12.1 Å². The lowest BCUT2D eigenvalue weighted by molar-refractivity contribution is -0.385. The second-order valence-corrected chi connectivity index (χ2v) is 5.42. The third-order valence-electron chi connectivity index (χ3n) is 4.17. The van der Waals surface area contributed by atoms with Crippen molar-refractivity contribution in [2.45, 2.75) is 50.5 Å². The lowest BCUT2D eigenvalue weighted by Crippen LogP contribution is -2.39. The Balaban J connectivity index is 1.74. The molecule has 0 spiro atoms. The third kappa shape index (κ3) is 2.35. The normalized spacial score (nSPS) is 30.5. The fourth-order valence-electron chi connectivity index (χ4n) is 3.24. The standard InChI is InChI=1S/C14H18N2O3/c1-9(11-4-2-3-5-13(11)16(17)18)15-12-8-10-6-7-14(12)19-10/h2-5,9-10,12,14-15H,6-8H2,1H3. The van der Waals surface area contributed by atoms with Gasteiger partial charge in [-0.15, -0.1) is 0 Å². The summed E-state index contributed by atoms with van der Waals surface area (Å²) >= 11 is 0. The van der Waals surface area contributed by atoms with Crippen molar-refractivity contribution in [1.29, 1.82) is 0 Å². The quantitative estimate of drug-likeness (QED) is 0.669. The van der Waals surface area contributed by atoms with Crippen LogP contribution >= 0.6 is 0 Å². The summed E-state index contributed by atoms with van der Waals surface area (Å²) in [5.41, 5.74) is 0.932. The molecule has 1 N–H and O–H groups in total. The van der Waals surface area contributed by atoms with E-state index in [1.54, 1.807) is 12.1 Å². The average Bonchev–Trinajstić information content (AvgIpc) is 3.01. The maximum atomic E-state index is 11.0. The first kappa shape index (κ1) is 12.6. The van der Waals surface area contributed by atoms with E-state index in [1.165, 1.54) is 0 Å². The summed E-state index contributed by atoms with van der Waals surface area (Å²) in [6.07, 6.45) is 3.96. The Kier molecular flexibility index (Phi) is 3.24. The fourth-order valence-corrected chi connectivity index (χ4v) is 3.24. The van der Waals surface area contributed by atoms with Gasteiger partial charge >= 0.3 is 0 Å². The molecule has 0 aromatic heterocycles. The van der Waals surface area contributed by atoms with Crippen LogP contribution in [0, 0.1) is 10.1 Å². The topological polar surface area (TPSA) is 64.4 Å². The zero-order chi connectivity index (χ0) is 13.4. The van der Waals surface area contributed by atoms with Gasteiger partial charge in [-0.2, -0.15) is 0 Å². The van der Waals surface area contributed by atoms with E-state index in [2.05, 4.69) is 5.32 Å². The molecule has 2 aliphatic rings. The van der Waals surface area contributed by atoms with Crippen LogP contribution in [-0.2, 0) is 4.74 Å². The van der Waals surface area contributed by atoms with E-state index in [9.17, 15) is 10.1 Å². The van der Waals surface area contributed by atoms with E-state index in [4.69, 9.17) is 4.74 Å². The molecule has 2 bridgehead atoms. The van der Waals surface area contributed by atoms with Crippen LogP contribution in [-0.4, -0.2) is 23.2 Å². The number of benzene rings is 1. The van der Waals surface area contributed by atoms with Crippen molar-refractivity contribution < 1.29 is 9.66 Å². The monoisotopic (exact) mass is 262 g/mol. The average molecular weight is 262 g/mol. The molecule has 2 fully saturated rings. The predicted molar refractivity (Wildman–Crippen MR) is 70.9 cm³/mol. The lowest BCUT2D eigenvalue weighted by atomic mass is 9.94. The molecular weight excluding hydrogens is 244 g/mol. The molecule has 0 radical (unpaired) electrons. The molecule has 5 nitrogen and oxygen atoms in total. The molecule has 0 saturated carbocycles. The first-order chi connectivity index (χ1) is 9.15. The molecule has 19 heavy (non-hydrogen) atoms.